The van der Waals surface area contributed by atoms with Crippen molar-refractivity contribution in [3.63, 3.8) is 0 Å². The van der Waals surface area contributed by atoms with E-state index in [4.69, 9.17) is 4.98 Å². The van der Waals surface area contributed by atoms with Crippen molar-refractivity contribution in [2.24, 2.45) is 0 Å². The minimum Gasteiger partial charge on any atom is -0.346 e. The van der Waals surface area contributed by atoms with Crippen LogP contribution in [0.25, 0.3) is 0 Å². The van der Waals surface area contributed by atoms with Crippen molar-refractivity contribution < 1.29 is 0 Å². The lowest BCUT2D eigenvalue weighted by Crippen LogP contribution is -2.35. The molecule has 2 rings (SSSR count). The maximum absolute atomic E-state index is 4.97. The van der Waals surface area contributed by atoms with Gasteiger partial charge in [-0.15, -0.1) is 11.3 Å². The van der Waals surface area contributed by atoms with E-state index >= 15 is 0 Å². The van der Waals surface area contributed by atoms with Crippen LogP contribution in [0.3, 0.4) is 0 Å². The van der Waals surface area contributed by atoms with Crippen molar-refractivity contribution in [3.05, 3.63) is 10.6 Å². The zero-order chi connectivity index (χ0) is 14.9. The van der Waals surface area contributed by atoms with Crippen molar-refractivity contribution in [2.75, 3.05) is 11.4 Å². The molecule has 0 amide bonds. The van der Waals surface area contributed by atoms with Crippen LogP contribution < -0.4 is 10.2 Å². The summed E-state index contributed by atoms with van der Waals surface area (Å²) in [6, 6.07) is 0.515. The fourth-order valence-corrected chi connectivity index (χ4v) is 3.63. The third kappa shape index (κ3) is 3.95. The number of hydrogen-bond donors (Lipinski definition) is 1. The Labute approximate surface area is 127 Å². The molecule has 0 spiro atoms. The Kier molecular flexibility index (Phi) is 4.75. The summed E-state index contributed by atoms with van der Waals surface area (Å²) in [6.07, 6.45) is 2.64. The van der Waals surface area contributed by atoms with Gasteiger partial charge in [-0.3, -0.25) is 0 Å². The van der Waals surface area contributed by atoms with E-state index in [1.807, 2.05) is 11.3 Å². The van der Waals surface area contributed by atoms with Crippen LogP contribution >= 0.6 is 11.3 Å². The Morgan fingerprint density at radius 2 is 2.00 bits per heavy atom. The molecule has 20 heavy (non-hydrogen) atoms. The molecule has 114 valence electrons. The van der Waals surface area contributed by atoms with Crippen LogP contribution in [-0.4, -0.2) is 23.1 Å². The van der Waals surface area contributed by atoms with E-state index in [0.717, 1.165) is 19.0 Å². The number of hydrogen-bond acceptors (Lipinski definition) is 4. The van der Waals surface area contributed by atoms with Crippen molar-refractivity contribution in [1.82, 2.24) is 10.3 Å². The van der Waals surface area contributed by atoms with Gasteiger partial charge in [0.05, 0.1) is 5.69 Å². The first-order chi connectivity index (χ1) is 9.31. The minimum atomic E-state index is 0.160. The van der Waals surface area contributed by atoms with E-state index in [1.54, 1.807) is 0 Å². The molecule has 0 unspecified atom stereocenters. The topological polar surface area (TPSA) is 28.2 Å². The Bertz CT molecular complexity index is 441. The fraction of sp³-hybridized carbons (Fsp3) is 0.812. The third-order valence-electron chi connectivity index (χ3n) is 3.67. The molecule has 0 aromatic carbocycles. The normalized spacial score (nSPS) is 15.9. The first kappa shape index (κ1) is 15.8. The Hall–Kier alpha value is -0.610. The Morgan fingerprint density at radius 1 is 1.35 bits per heavy atom. The molecular weight excluding hydrogens is 266 g/mol. The molecule has 0 aliphatic heterocycles. The Balaban J connectivity index is 2.19. The summed E-state index contributed by atoms with van der Waals surface area (Å²) in [6.45, 7) is 15.3. The summed E-state index contributed by atoms with van der Waals surface area (Å²) in [4.78, 5) is 8.81. The van der Waals surface area contributed by atoms with Crippen molar-refractivity contribution in [2.45, 2.75) is 78.4 Å². The lowest BCUT2D eigenvalue weighted by molar-refractivity contribution is 0.425. The number of anilines is 1. The van der Waals surface area contributed by atoms with Crippen LogP contribution in [0.1, 0.15) is 70.9 Å². The quantitative estimate of drug-likeness (QED) is 0.855. The van der Waals surface area contributed by atoms with Crippen LogP contribution in [0, 0.1) is 0 Å². The minimum absolute atomic E-state index is 0.160. The van der Waals surface area contributed by atoms with Crippen LogP contribution in [-0.2, 0) is 6.54 Å². The maximum Gasteiger partial charge on any atom is 0.186 e. The van der Waals surface area contributed by atoms with Crippen molar-refractivity contribution >= 4 is 16.5 Å². The molecule has 1 N–H and O–H groups in total. The van der Waals surface area contributed by atoms with Gasteiger partial charge in [0.25, 0.3) is 0 Å². The summed E-state index contributed by atoms with van der Waals surface area (Å²) in [7, 11) is 0. The molecule has 1 fully saturated rings. The molecule has 0 radical (unpaired) electrons. The van der Waals surface area contributed by atoms with E-state index in [-0.39, 0.29) is 5.54 Å². The summed E-state index contributed by atoms with van der Waals surface area (Å²) in [5.74, 6) is 0.725. The van der Waals surface area contributed by atoms with Gasteiger partial charge in [0.2, 0.25) is 0 Å². The van der Waals surface area contributed by atoms with E-state index in [9.17, 15) is 0 Å². The average molecular weight is 295 g/mol. The maximum atomic E-state index is 4.97. The standard InChI is InChI=1S/C16H29N3S/c1-7-19(11(2)3)15-18-14(12-8-9-12)13(20-15)10-17-16(4,5)6/h11-12,17H,7-10H2,1-6H3. The van der Waals surface area contributed by atoms with Gasteiger partial charge >= 0.3 is 0 Å². The zero-order valence-electron chi connectivity index (χ0n) is 13.8. The van der Waals surface area contributed by atoms with Gasteiger partial charge in [-0.25, -0.2) is 4.98 Å². The van der Waals surface area contributed by atoms with Crippen molar-refractivity contribution in [3.8, 4) is 0 Å². The first-order valence-corrected chi connectivity index (χ1v) is 8.64. The van der Waals surface area contributed by atoms with Crippen molar-refractivity contribution in [1.29, 1.82) is 0 Å². The molecule has 1 aliphatic rings. The molecule has 1 aliphatic carbocycles. The van der Waals surface area contributed by atoms with Gasteiger partial charge < -0.3 is 10.2 Å². The van der Waals surface area contributed by atoms with E-state index in [0.29, 0.717) is 6.04 Å². The smallest absolute Gasteiger partial charge is 0.186 e. The summed E-state index contributed by atoms with van der Waals surface area (Å²) in [5, 5.41) is 4.82. The third-order valence-corrected chi connectivity index (χ3v) is 4.78. The second-order valence-electron chi connectivity index (χ2n) is 7.06. The predicted octanol–water partition coefficient (Wildman–Crippen LogP) is 4.14. The summed E-state index contributed by atoms with van der Waals surface area (Å²) >= 11 is 1.88. The second kappa shape index (κ2) is 6.02. The highest BCUT2D eigenvalue weighted by Crippen LogP contribution is 2.44. The number of thiazole rings is 1. The molecule has 3 nitrogen and oxygen atoms in total. The first-order valence-electron chi connectivity index (χ1n) is 7.83. The molecular formula is C16H29N3S. The van der Waals surface area contributed by atoms with Gasteiger partial charge in [-0.05, 0) is 54.4 Å². The van der Waals surface area contributed by atoms with Gasteiger partial charge in [0, 0.05) is 35.5 Å². The van der Waals surface area contributed by atoms with Gasteiger partial charge in [0.15, 0.2) is 5.13 Å². The number of nitrogens with one attached hydrogen (secondary N) is 1. The highest BCUT2D eigenvalue weighted by Gasteiger charge is 2.31. The lowest BCUT2D eigenvalue weighted by Gasteiger charge is -2.24. The van der Waals surface area contributed by atoms with Gasteiger partial charge in [-0.2, -0.15) is 0 Å². The fourth-order valence-electron chi connectivity index (χ4n) is 2.34. The molecule has 4 heteroatoms. The number of rotatable bonds is 6. The molecule has 1 saturated carbocycles. The lowest BCUT2D eigenvalue weighted by atomic mass is 10.1. The van der Waals surface area contributed by atoms with Crippen LogP contribution in [0.2, 0.25) is 0 Å². The highest BCUT2D eigenvalue weighted by atomic mass is 32.1. The number of aromatic nitrogens is 1. The summed E-state index contributed by atoms with van der Waals surface area (Å²) < 4.78 is 0. The predicted molar refractivity (Wildman–Crippen MR) is 88.8 cm³/mol. The Morgan fingerprint density at radius 3 is 2.45 bits per heavy atom. The monoisotopic (exact) mass is 295 g/mol. The molecule has 1 aromatic rings. The molecule has 0 atom stereocenters. The molecule has 0 bridgehead atoms. The average Bonchev–Trinajstić information content (AvgIpc) is 3.08. The second-order valence-corrected chi connectivity index (χ2v) is 8.12. The van der Waals surface area contributed by atoms with Crippen LogP contribution in [0.15, 0.2) is 0 Å². The summed E-state index contributed by atoms with van der Waals surface area (Å²) in [5.41, 5.74) is 1.52. The van der Waals surface area contributed by atoms with Crippen LogP contribution in [0.5, 0.6) is 0 Å². The number of nitrogens with zero attached hydrogens (tertiary/aromatic N) is 2. The van der Waals surface area contributed by atoms with Crippen LogP contribution in [0.4, 0.5) is 5.13 Å². The largest absolute Gasteiger partial charge is 0.346 e. The van der Waals surface area contributed by atoms with Gasteiger partial charge in [-0.1, -0.05) is 0 Å². The van der Waals surface area contributed by atoms with Gasteiger partial charge in [0.1, 0.15) is 0 Å². The zero-order valence-corrected chi connectivity index (χ0v) is 14.6. The van der Waals surface area contributed by atoms with E-state index in [1.165, 1.54) is 28.5 Å². The highest BCUT2D eigenvalue weighted by molar-refractivity contribution is 7.15. The van der Waals surface area contributed by atoms with E-state index in [2.05, 4.69) is 51.8 Å². The SMILES string of the molecule is CCN(c1nc(C2CC2)c(CNC(C)(C)C)s1)C(C)C. The molecule has 1 aromatic heterocycles. The molecule has 0 saturated heterocycles. The molecule has 1 heterocycles. The van der Waals surface area contributed by atoms with E-state index < -0.39 is 0 Å².